The van der Waals surface area contributed by atoms with Crippen molar-refractivity contribution in [3.63, 3.8) is 0 Å². The van der Waals surface area contributed by atoms with Crippen LogP contribution in [0.15, 0.2) is 76.2 Å². The topological polar surface area (TPSA) is 34.5 Å². The molecule has 4 aromatic rings. The molecule has 1 saturated heterocycles. The van der Waals surface area contributed by atoms with Gasteiger partial charge in [0.15, 0.2) is 0 Å². The fraction of sp³-hybridized carbons (Fsp3) is 0.111. The van der Waals surface area contributed by atoms with E-state index < -0.39 is 0 Å². The van der Waals surface area contributed by atoms with E-state index in [0.29, 0.717) is 26.4 Å². The van der Waals surface area contributed by atoms with E-state index in [4.69, 9.17) is 28.6 Å². The van der Waals surface area contributed by atoms with Gasteiger partial charge in [-0.1, -0.05) is 69.7 Å². The quantitative estimate of drug-likeness (QED) is 0.168. The molecule has 9 heteroatoms. The Balaban J connectivity index is 1.48. The Morgan fingerprint density at radius 1 is 1.14 bits per heavy atom. The van der Waals surface area contributed by atoms with E-state index in [1.54, 1.807) is 24.1 Å². The third-order valence-electron chi connectivity index (χ3n) is 5.92. The van der Waals surface area contributed by atoms with Gasteiger partial charge in [-0.15, -0.1) is 0 Å². The highest BCUT2D eigenvalue weighted by atomic mass is 79.9. The summed E-state index contributed by atoms with van der Waals surface area (Å²) in [5, 5.41) is 1.30. The highest BCUT2D eigenvalue weighted by Gasteiger charge is 2.32. The third-order valence-corrected chi connectivity index (χ3v) is 8.15. The summed E-state index contributed by atoms with van der Waals surface area (Å²) in [6.07, 6.45) is 3.76. The van der Waals surface area contributed by atoms with Crippen LogP contribution >= 0.6 is 51.5 Å². The van der Waals surface area contributed by atoms with Crippen molar-refractivity contribution in [2.24, 2.45) is 0 Å². The molecule has 182 valence electrons. The van der Waals surface area contributed by atoms with Crippen LogP contribution in [0.1, 0.15) is 16.7 Å². The molecule has 5 rings (SSSR count). The number of halogens is 3. The summed E-state index contributed by atoms with van der Waals surface area (Å²) < 4.78 is 23.1. The number of rotatable bonds is 6. The smallest absolute Gasteiger partial charge is 0.266 e. The van der Waals surface area contributed by atoms with Crippen molar-refractivity contribution >= 4 is 78.7 Å². The Morgan fingerprint density at radius 3 is 2.64 bits per heavy atom. The van der Waals surface area contributed by atoms with E-state index in [9.17, 15) is 9.18 Å². The van der Waals surface area contributed by atoms with E-state index in [0.717, 1.165) is 32.3 Å². The molecular weight excluding hydrogens is 583 g/mol. The number of amides is 1. The summed E-state index contributed by atoms with van der Waals surface area (Å²) in [7, 11) is 1.61. The van der Waals surface area contributed by atoms with Crippen LogP contribution in [0.3, 0.4) is 0 Å². The molecule has 0 unspecified atom stereocenters. The number of ether oxygens (including phenoxy) is 1. The summed E-state index contributed by atoms with van der Waals surface area (Å²) >= 11 is 16.6. The van der Waals surface area contributed by atoms with E-state index in [-0.39, 0.29) is 18.3 Å². The van der Waals surface area contributed by atoms with Crippen molar-refractivity contribution in [2.45, 2.75) is 13.1 Å². The number of carbonyl (C=O) groups is 1. The summed E-state index contributed by atoms with van der Waals surface area (Å²) in [4.78, 5) is 15.4. The maximum atomic E-state index is 14.5. The minimum Gasteiger partial charge on any atom is -0.497 e. The van der Waals surface area contributed by atoms with Crippen LogP contribution in [-0.4, -0.2) is 26.8 Å². The molecule has 0 bridgehead atoms. The molecule has 0 atom stereocenters. The number of thiocarbonyl (C=S) groups is 1. The van der Waals surface area contributed by atoms with Crippen molar-refractivity contribution in [1.29, 1.82) is 0 Å². The maximum absolute atomic E-state index is 14.5. The molecule has 0 saturated carbocycles. The number of benzene rings is 3. The monoisotopic (exact) mass is 600 g/mol. The number of thioether (sulfide) groups is 1. The molecule has 3 aromatic carbocycles. The number of aromatic nitrogens is 1. The summed E-state index contributed by atoms with van der Waals surface area (Å²) in [6.45, 7) is 0.640. The number of methoxy groups -OCH3 is 1. The molecule has 0 radical (unpaired) electrons. The number of nitrogens with zero attached hydrogens (tertiary/aromatic N) is 2. The Morgan fingerprint density at radius 2 is 1.92 bits per heavy atom. The van der Waals surface area contributed by atoms with Crippen LogP contribution in [0.2, 0.25) is 5.02 Å². The molecule has 2 heterocycles. The fourth-order valence-electron chi connectivity index (χ4n) is 4.09. The van der Waals surface area contributed by atoms with Crippen molar-refractivity contribution in [1.82, 2.24) is 9.47 Å². The minimum absolute atomic E-state index is 0.145. The van der Waals surface area contributed by atoms with Gasteiger partial charge in [-0.25, -0.2) is 4.39 Å². The molecule has 1 amide bonds. The zero-order valence-electron chi connectivity index (χ0n) is 19.0. The Hall–Kier alpha value is -2.65. The largest absolute Gasteiger partial charge is 0.497 e. The lowest BCUT2D eigenvalue weighted by atomic mass is 10.1. The van der Waals surface area contributed by atoms with Gasteiger partial charge in [-0.3, -0.25) is 9.69 Å². The fourth-order valence-corrected chi connectivity index (χ4v) is 5.92. The predicted molar refractivity (Wildman–Crippen MR) is 152 cm³/mol. The molecule has 0 aliphatic carbocycles. The van der Waals surface area contributed by atoms with Crippen LogP contribution in [0.25, 0.3) is 17.0 Å². The molecule has 4 nitrogen and oxygen atoms in total. The van der Waals surface area contributed by atoms with Gasteiger partial charge in [0.2, 0.25) is 0 Å². The second-order valence-electron chi connectivity index (χ2n) is 8.19. The zero-order valence-corrected chi connectivity index (χ0v) is 23.0. The van der Waals surface area contributed by atoms with Crippen LogP contribution in [0, 0.1) is 5.82 Å². The first-order valence-corrected chi connectivity index (χ1v) is 13.3. The van der Waals surface area contributed by atoms with Crippen molar-refractivity contribution < 1.29 is 13.9 Å². The lowest BCUT2D eigenvalue weighted by molar-refractivity contribution is -0.122. The molecule has 1 aliphatic heterocycles. The number of hydrogen-bond acceptors (Lipinski definition) is 4. The SMILES string of the molecule is COc1ccc(CN2C(=O)/C(=C/c3cn(Cc4c(F)cccc4Cl)c4ccc(Br)cc34)SC2=S)cc1. The first kappa shape index (κ1) is 25.0. The molecule has 1 aliphatic rings. The lowest BCUT2D eigenvalue weighted by Gasteiger charge is -2.14. The Labute approximate surface area is 230 Å². The maximum Gasteiger partial charge on any atom is 0.266 e. The number of carbonyl (C=O) groups excluding carboxylic acids is 1. The van der Waals surface area contributed by atoms with Gasteiger partial charge in [0.25, 0.3) is 5.91 Å². The van der Waals surface area contributed by atoms with Gasteiger partial charge in [0.05, 0.1) is 25.1 Å². The van der Waals surface area contributed by atoms with Crippen LogP contribution < -0.4 is 4.74 Å². The first-order chi connectivity index (χ1) is 17.3. The van der Waals surface area contributed by atoms with Gasteiger partial charge >= 0.3 is 0 Å². The standard InChI is InChI=1S/C27H19BrClFN2O2S2/c1-34-19-8-5-16(6-9-19)13-32-26(33)25(36-27(32)35)11-17-14-31(24-10-7-18(28)12-20(17)24)15-21-22(29)3-2-4-23(21)30/h2-12,14H,13,15H2,1H3/b25-11-. The third kappa shape index (κ3) is 4.95. The minimum atomic E-state index is -0.359. The van der Waals surface area contributed by atoms with E-state index >= 15 is 0 Å². The Kier molecular flexibility index (Phi) is 7.21. The second-order valence-corrected chi connectivity index (χ2v) is 11.2. The van der Waals surface area contributed by atoms with Gasteiger partial charge in [-0.05, 0) is 54.1 Å². The predicted octanol–water partition coefficient (Wildman–Crippen LogP) is 7.65. The molecule has 0 N–H and O–H groups in total. The normalized spacial score (nSPS) is 14.9. The molecular formula is C27H19BrClFN2O2S2. The first-order valence-electron chi connectivity index (χ1n) is 10.9. The van der Waals surface area contributed by atoms with Gasteiger partial charge in [0.1, 0.15) is 15.9 Å². The van der Waals surface area contributed by atoms with Crippen molar-refractivity contribution in [2.75, 3.05) is 7.11 Å². The number of fused-ring (bicyclic) bond motifs is 1. The van der Waals surface area contributed by atoms with Crippen molar-refractivity contribution in [3.8, 4) is 5.75 Å². The molecule has 36 heavy (non-hydrogen) atoms. The van der Waals surface area contributed by atoms with Gasteiger partial charge in [-0.2, -0.15) is 0 Å². The van der Waals surface area contributed by atoms with E-state index in [1.165, 1.54) is 17.8 Å². The average Bonchev–Trinajstić information content (AvgIpc) is 3.33. The van der Waals surface area contributed by atoms with Crippen LogP contribution in [-0.2, 0) is 17.9 Å². The zero-order chi connectivity index (χ0) is 25.4. The second kappa shape index (κ2) is 10.4. The highest BCUT2D eigenvalue weighted by molar-refractivity contribution is 9.10. The van der Waals surface area contributed by atoms with Crippen molar-refractivity contribution in [3.05, 3.63) is 104 Å². The van der Waals surface area contributed by atoms with Crippen LogP contribution in [0.5, 0.6) is 5.75 Å². The highest BCUT2D eigenvalue weighted by Crippen LogP contribution is 2.36. The Bertz CT molecular complexity index is 1510. The summed E-state index contributed by atoms with van der Waals surface area (Å²) in [5.41, 5.74) is 3.10. The van der Waals surface area contributed by atoms with E-state index in [2.05, 4.69) is 15.9 Å². The summed E-state index contributed by atoms with van der Waals surface area (Å²) in [6, 6.07) is 18.1. The number of hydrogen-bond donors (Lipinski definition) is 0. The van der Waals surface area contributed by atoms with Gasteiger partial charge < -0.3 is 9.30 Å². The van der Waals surface area contributed by atoms with Crippen LogP contribution in [0.4, 0.5) is 4.39 Å². The molecule has 0 spiro atoms. The van der Waals surface area contributed by atoms with Gasteiger partial charge in [0, 0.05) is 37.7 Å². The molecule has 1 aromatic heterocycles. The molecule has 1 fully saturated rings. The van der Waals surface area contributed by atoms with E-state index in [1.807, 2.05) is 59.3 Å². The average molecular weight is 602 g/mol. The lowest BCUT2D eigenvalue weighted by Crippen LogP contribution is -2.27. The summed E-state index contributed by atoms with van der Waals surface area (Å²) in [5.74, 6) is 0.250.